The van der Waals surface area contributed by atoms with E-state index in [0.717, 1.165) is 62.3 Å². The van der Waals surface area contributed by atoms with Gasteiger partial charge in [-0.25, -0.2) is 4.98 Å². The maximum atomic E-state index is 12.9. The van der Waals surface area contributed by atoms with E-state index in [9.17, 15) is 4.79 Å². The molecule has 0 spiro atoms. The summed E-state index contributed by atoms with van der Waals surface area (Å²) in [6, 6.07) is 12.5. The number of carbonyl (C=O) groups is 1. The largest absolute Gasteiger partial charge is 0.440 e. The molecule has 4 heterocycles. The van der Waals surface area contributed by atoms with E-state index in [4.69, 9.17) is 4.42 Å². The lowest BCUT2D eigenvalue weighted by Gasteiger charge is -2.32. The molecule has 2 aliphatic rings. The molecule has 0 aliphatic carbocycles. The van der Waals surface area contributed by atoms with Crippen LogP contribution in [0.3, 0.4) is 0 Å². The molecule has 0 radical (unpaired) electrons. The Morgan fingerprint density at radius 1 is 1.11 bits per heavy atom. The molecule has 1 amide bonds. The number of hydrogen-bond acceptors (Lipinski definition) is 5. The SMILES string of the molecule is O=C(CN1CCC(c2nc3ccccc3o2)CC1)N1CCC[C@@H]1c1cccs1. The van der Waals surface area contributed by atoms with Gasteiger partial charge in [-0.2, -0.15) is 0 Å². The molecular weight excluding hydrogens is 370 g/mol. The number of carbonyl (C=O) groups excluding carboxylic acids is 1. The van der Waals surface area contributed by atoms with E-state index in [1.165, 1.54) is 4.88 Å². The van der Waals surface area contributed by atoms with Crippen molar-refractivity contribution >= 4 is 28.3 Å². The standard InChI is InChI=1S/C22H25N3O2S/c26-21(25-11-3-6-18(25)20-8-4-14-28-20)15-24-12-9-16(10-13-24)22-23-17-5-1-2-7-19(17)27-22/h1-2,4-5,7-8,14,16,18H,3,6,9-13,15H2/t18-/m1/s1. The third-order valence-corrected chi connectivity index (χ3v) is 7.02. The van der Waals surface area contributed by atoms with Crippen LogP contribution in [-0.4, -0.2) is 46.9 Å². The second kappa shape index (κ2) is 7.68. The molecule has 2 aromatic heterocycles. The lowest BCUT2D eigenvalue weighted by atomic mass is 9.97. The highest BCUT2D eigenvalue weighted by Crippen LogP contribution is 2.35. The zero-order valence-corrected chi connectivity index (χ0v) is 16.7. The van der Waals surface area contributed by atoms with Crippen LogP contribution in [0.2, 0.25) is 0 Å². The van der Waals surface area contributed by atoms with Gasteiger partial charge >= 0.3 is 0 Å². The molecule has 146 valence electrons. The second-order valence-corrected chi connectivity index (χ2v) is 8.81. The minimum atomic E-state index is 0.274. The van der Waals surface area contributed by atoms with Gasteiger partial charge in [-0.15, -0.1) is 11.3 Å². The number of piperidine rings is 1. The topological polar surface area (TPSA) is 49.6 Å². The van der Waals surface area contributed by atoms with Crippen molar-refractivity contribution < 1.29 is 9.21 Å². The van der Waals surface area contributed by atoms with Gasteiger partial charge in [0.05, 0.1) is 12.6 Å². The number of thiophene rings is 1. The molecule has 2 aliphatic heterocycles. The summed E-state index contributed by atoms with van der Waals surface area (Å²) in [5, 5.41) is 2.10. The minimum absolute atomic E-state index is 0.274. The number of para-hydroxylation sites is 2. The molecule has 28 heavy (non-hydrogen) atoms. The molecule has 0 N–H and O–H groups in total. The van der Waals surface area contributed by atoms with Crippen molar-refractivity contribution in [1.82, 2.24) is 14.8 Å². The zero-order chi connectivity index (χ0) is 18.9. The quantitative estimate of drug-likeness (QED) is 0.656. The van der Waals surface area contributed by atoms with Crippen LogP contribution in [0, 0.1) is 0 Å². The van der Waals surface area contributed by atoms with Gasteiger partial charge in [-0.05, 0) is 62.4 Å². The van der Waals surface area contributed by atoms with Gasteiger partial charge in [0.2, 0.25) is 5.91 Å². The summed E-state index contributed by atoms with van der Waals surface area (Å²) in [5.74, 6) is 1.48. The minimum Gasteiger partial charge on any atom is -0.440 e. The molecule has 0 bridgehead atoms. The predicted molar refractivity (Wildman–Crippen MR) is 110 cm³/mol. The molecule has 1 atom stereocenters. The van der Waals surface area contributed by atoms with Crippen molar-refractivity contribution in [2.75, 3.05) is 26.2 Å². The number of oxazole rings is 1. The first-order valence-electron chi connectivity index (χ1n) is 10.2. The molecule has 5 rings (SSSR count). The van der Waals surface area contributed by atoms with Crippen molar-refractivity contribution in [2.24, 2.45) is 0 Å². The Bertz CT molecular complexity index is 911. The van der Waals surface area contributed by atoms with Crippen molar-refractivity contribution in [1.29, 1.82) is 0 Å². The molecule has 5 nitrogen and oxygen atoms in total. The molecule has 6 heteroatoms. The highest BCUT2D eigenvalue weighted by Gasteiger charge is 2.32. The monoisotopic (exact) mass is 395 g/mol. The number of hydrogen-bond donors (Lipinski definition) is 0. The van der Waals surface area contributed by atoms with E-state index < -0.39 is 0 Å². The predicted octanol–water partition coefficient (Wildman–Crippen LogP) is 4.43. The van der Waals surface area contributed by atoms with Gasteiger partial charge < -0.3 is 9.32 Å². The summed E-state index contributed by atoms with van der Waals surface area (Å²) in [4.78, 5) is 23.3. The van der Waals surface area contributed by atoms with E-state index in [0.29, 0.717) is 12.5 Å². The summed E-state index contributed by atoms with van der Waals surface area (Å²) < 4.78 is 5.96. The van der Waals surface area contributed by atoms with Crippen LogP contribution < -0.4 is 0 Å². The Morgan fingerprint density at radius 3 is 2.75 bits per heavy atom. The number of benzene rings is 1. The van der Waals surface area contributed by atoms with E-state index in [1.54, 1.807) is 11.3 Å². The maximum absolute atomic E-state index is 12.9. The number of aromatic nitrogens is 1. The molecule has 2 fully saturated rings. The second-order valence-electron chi connectivity index (χ2n) is 7.83. The van der Waals surface area contributed by atoms with Crippen LogP contribution in [-0.2, 0) is 4.79 Å². The van der Waals surface area contributed by atoms with Crippen LogP contribution >= 0.6 is 11.3 Å². The van der Waals surface area contributed by atoms with Crippen LogP contribution in [0.15, 0.2) is 46.2 Å². The lowest BCUT2D eigenvalue weighted by Crippen LogP contribution is -2.42. The highest BCUT2D eigenvalue weighted by atomic mass is 32.1. The maximum Gasteiger partial charge on any atom is 0.237 e. The summed E-state index contributed by atoms with van der Waals surface area (Å²) in [5.41, 5.74) is 1.80. The normalized spacial score (nSPS) is 21.6. The first kappa shape index (κ1) is 17.9. The Kier molecular flexibility index (Phi) is 4.91. The fraction of sp³-hybridized carbons (Fsp3) is 0.455. The van der Waals surface area contributed by atoms with E-state index in [-0.39, 0.29) is 11.9 Å². The highest BCUT2D eigenvalue weighted by molar-refractivity contribution is 7.10. The Balaban J connectivity index is 1.18. The van der Waals surface area contributed by atoms with Crippen molar-refractivity contribution in [3.05, 3.63) is 52.5 Å². The van der Waals surface area contributed by atoms with Gasteiger partial charge in [0.15, 0.2) is 11.5 Å². The van der Waals surface area contributed by atoms with E-state index in [1.807, 2.05) is 24.3 Å². The molecular formula is C22H25N3O2S. The molecule has 0 unspecified atom stereocenters. The van der Waals surface area contributed by atoms with Crippen molar-refractivity contribution in [2.45, 2.75) is 37.6 Å². The molecule has 0 saturated carbocycles. The van der Waals surface area contributed by atoms with Crippen LogP contribution in [0.5, 0.6) is 0 Å². The molecule has 3 aromatic rings. The van der Waals surface area contributed by atoms with Crippen LogP contribution in [0.1, 0.15) is 48.4 Å². The number of likely N-dealkylation sites (tertiary alicyclic amines) is 2. The van der Waals surface area contributed by atoms with Gasteiger partial charge in [0, 0.05) is 17.3 Å². The first-order chi connectivity index (χ1) is 13.8. The number of amides is 1. The van der Waals surface area contributed by atoms with Gasteiger partial charge in [0.25, 0.3) is 0 Å². The number of nitrogens with zero attached hydrogens (tertiary/aromatic N) is 3. The van der Waals surface area contributed by atoms with Crippen molar-refractivity contribution in [3.8, 4) is 0 Å². The summed E-state index contributed by atoms with van der Waals surface area (Å²) in [6.45, 7) is 3.27. The summed E-state index contributed by atoms with van der Waals surface area (Å²) in [6.07, 6.45) is 4.18. The van der Waals surface area contributed by atoms with Crippen LogP contribution in [0.4, 0.5) is 0 Å². The average molecular weight is 396 g/mol. The first-order valence-corrected chi connectivity index (χ1v) is 11.1. The molecule has 1 aromatic carbocycles. The molecule has 2 saturated heterocycles. The Morgan fingerprint density at radius 2 is 1.96 bits per heavy atom. The lowest BCUT2D eigenvalue weighted by molar-refractivity contribution is -0.133. The van der Waals surface area contributed by atoms with E-state index >= 15 is 0 Å². The van der Waals surface area contributed by atoms with Gasteiger partial charge in [0.1, 0.15) is 5.52 Å². The number of rotatable bonds is 4. The fourth-order valence-corrected chi connectivity index (χ4v) is 5.40. The third kappa shape index (κ3) is 3.47. The number of fused-ring (bicyclic) bond motifs is 1. The smallest absolute Gasteiger partial charge is 0.237 e. The summed E-state index contributed by atoms with van der Waals surface area (Å²) in [7, 11) is 0. The third-order valence-electron chi connectivity index (χ3n) is 6.05. The van der Waals surface area contributed by atoms with E-state index in [2.05, 4.69) is 32.3 Å². The van der Waals surface area contributed by atoms with Gasteiger partial charge in [-0.3, -0.25) is 9.69 Å². The van der Waals surface area contributed by atoms with Crippen LogP contribution in [0.25, 0.3) is 11.1 Å². The summed E-state index contributed by atoms with van der Waals surface area (Å²) >= 11 is 1.76. The Hall–Kier alpha value is -2.18. The fourth-order valence-electron chi connectivity index (χ4n) is 4.53. The average Bonchev–Trinajstić information content (AvgIpc) is 3.47. The van der Waals surface area contributed by atoms with Crippen molar-refractivity contribution in [3.63, 3.8) is 0 Å². The Labute approximate surface area is 169 Å². The van der Waals surface area contributed by atoms with Gasteiger partial charge in [-0.1, -0.05) is 18.2 Å². The zero-order valence-electron chi connectivity index (χ0n) is 15.9.